The maximum Gasteiger partial charge on any atom is 0.251 e. The number of tetrazole rings is 1. The molecule has 0 unspecified atom stereocenters. The van der Waals surface area contributed by atoms with Crippen LogP contribution in [0.1, 0.15) is 25.9 Å². The molecular formula is C14H14N6OS. The molecule has 7 nitrogen and oxygen atoms in total. The summed E-state index contributed by atoms with van der Waals surface area (Å²) in [6, 6.07) is 7.14. The Morgan fingerprint density at radius 2 is 2.23 bits per heavy atom. The number of rotatable bonds is 4. The van der Waals surface area contributed by atoms with E-state index in [0.717, 1.165) is 21.3 Å². The van der Waals surface area contributed by atoms with Crippen molar-refractivity contribution in [2.24, 2.45) is 0 Å². The van der Waals surface area contributed by atoms with Crippen molar-refractivity contribution in [3.8, 4) is 5.69 Å². The average Bonchev–Trinajstić information content (AvgIpc) is 3.15. The molecule has 3 aromatic rings. The van der Waals surface area contributed by atoms with Crippen molar-refractivity contribution in [3.05, 3.63) is 51.7 Å². The third kappa shape index (κ3) is 3.01. The maximum atomic E-state index is 12.3. The molecule has 0 saturated carbocycles. The van der Waals surface area contributed by atoms with Crippen molar-refractivity contribution in [3.63, 3.8) is 0 Å². The SMILES string of the molecule is Cc1nc(C)c(CNC(=O)c2cccc(-n3cnnn3)c2)s1. The Hall–Kier alpha value is -2.61. The second-order valence-electron chi connectivity index (χ2n) is 4.73. The second kappa shape index (κ2) is 6.02. The van der Waals surface area contributed by atoms with E-state index in [0.29, 0.717) is 12.1 Å². The van der Waals surface area contributed by atoms with E-state index in [2.05, 4.69) is 25.8 Å². The summed E-state index contributed by atoms with van der Waals surface area (Å²) in [4.78, 5) is 17.7. The summed E-state index contributed by atoms with van der Waals surface area (Å²) >= 11 is 1.60. The van der Waals surface area contributed by atoms with Gasteiger partial charge in [-0.1, -0.05) is 6.07 Å². The first-order valence-electron chi connectivity index (χ1n) is 6.68. The molecular weight excluding hydrogens is 300 g/mol. The molecule has 0 spiro atoms. The Balaban J connectivity index is 1.72. The molecule has 2 heterocycles. The predicted molar refractivity (Wildman–Crippen MR) is 81.9 cm³/mol. The molecule has 2 aromatic heterocycles. The third-order valence-electron chi connectivity index (χ3n) is 3.13. The molecule has 1 amide bonds. The fourth-order valence-corrected chi connectivity index (χ4v) is 2.95. The Morgan fingerprint density at radius 1 is 1.36 bits per heavy atom. The van der Waals surface area contributed by atoms with Gasteiger partial charge in [0.15, 0.2) is 0 Å². The molecule has 0 fully saturated rings. The van der Waals surface area contributed by atoms with Gasteiger partial charge in [-0.15, -0.1) is 16.4 Å². The molecule has 112 valence electrons. The molecule has 3 rings (SSSR count). The molecule has 0 radical (unpaired) electrons. The molecule has 0 aliphatic heterocycles. The van der Waals surface area contributed by atoms with Crippen LogP contribution in [0, 0.1) is 13.8 Å². The van der Waals surface area contributed by atoms with E-state index in [9.17, 15) is 4.79 Å². The van der Waals surface area contributed by atoms with E-state index >= 15 is 0 Å². The Kier molecular flexibility index (Phi) is 3.92. The van der Waals surface area contributed by atoms with E-state index in [1.165, 1.54) is 11.0 Å². The van der Waals surface area contributed by atoms with Gasteiger partial charge < -0.3 is 5.32 Å². The van der Waals surface area contributed by atoms with Gasteiger partial charge >= 0.3 is 0 Å². The molecule has 1 N–H and O–H groups in total. The number of hydrogen-bond donors (Lipinski definition) is 1. The van der Waals surface area contributed by atoms with Gasteiger partial charge in [0.25, 0.3) is 5.91 Å². The zero-order valence-electron chi connectivity index (χ0n) is 12.1. The molecule has 0 aliphatic carbocycles. The first-order chi connectivity index (χ1) is 10.6. The standard InChI is InChI=1S/C14H14N6OS/c1-9-13(22-10(2)17-9)7-15-14(21)11-4-3-5-12(6-11)20-8-16-18-19-20/h3-6,8H,7H2,1-2H3,(H,15,21). The van der Waals surface area contributed by atoms with Gasteiger partial charge in [0.1, 0.15) is 6.33 Å². The minimum atomic E-state index is -0.139. The van der Waals surface area contributed by atoms with Crippen LogP contribution < -0.4 is 5.32 Å². The lowest BCUT2D eigenvalue weighted by molar-refractivity contribution is 0.0951. The number of benzene rings is 1. The van der Waals surface area contributed by atoms with Crippen LogP contribution in [-0.4, -0.2) is 31.1 Å². The molecule has 0 aliphatic rings. The van der Waals surface area contributed by atoms with E-state index in [1.807, 2.05) is 19.9 Å². The van der Waals surface area contributed by atoms with E-state index < -0.39 is 0 Å². The van der Waals surface area contributed by atoms with Crippen LogP contribution in [0.2, 0.25) is 0 Å². The summed E-state index contributed by atoms with van der Waals surface area (Å²) in [5.74, 6) is -0.139. The van der Waals surface area contributed by atoms with Crippen LogP contribution >= 0.6 is 11.3 Å². The van der Waals surface area contributed by atoms with Crippen LogP contribution in [0.4, 0.5) is 0 Å². The molecule has 1 aromatic carbocycles. The highest BCUT2D eigenvalue weighted by atomic mass is 32.1. The molecule has 0 bridgehead atoms. The maximum absolute atomic E-state index is 12.3. The van der Waals surface area contributed by atoms with Crippen LogP contribution in [0.25, 0.3) is 5.69 Å². The molecule has 0 saturated heterocycles. The lowest BCUT2D eigenvalue weighted by atomic mass is 10.2. The second-order valence-corrected chi connectivity index (χ2v) is 6.02. The molecule has 22 heavy (non-hydrogen) atoms. The topological polar surface area (TPSA) is 85.6 Å². The third-order valence-corrected chi connectivity index (χ3v) is 4.20. The van der Waals surface area contributed by atoms with Gasteiger partial charge in [0, 0.05) is 10.4 Å². The van der Waals surface area contributed by atoms with Gasteiger partial charge in [0.05, 0.1) is 22.9 Å². The number of aromatic nitrogens is 5. The van der Waals surface area contributed by atoms with Crippen molar-refractivity contribution < 1.29 is 4.79 Å². The van der Waals surface area contributed by atoms with Crippen molar-refractivity contribution in [2.45, 2.75) is 20.4 Å². The highest BCUT2D eigenvalue weighted by Crippen LogP contribution is 2.17. The minimum absolute atomic E-state index is 0.139. The number of nitrogens with one attached hydrogen (secondary N) is 1. The van der Waals surface area contributed by atoms with Gasteiger partial charge in [-0.3, -0.25) is 4.79 Å². The normalized spacial score (nSPS) is 10.6. The number of carbonyl (C=O) groups is 1. The average molecular weight is 314 g/mol. The van der Waals surface area contributed by atoms with Crippen molar-refractivity contribution in [2.75, 3.05) is 0 Å². The first-order valence-corrected chi connectivity index (χ1v) is 7.49. The number of aryl methyl sites for hydroxylation is 2. The van der Waals surface area contributed by atoms with E-state index in [1.54, 1.807) is 29.5 Å². The van der Waals surface area contributed by atoms with Crippen LogP contribution in [0.15, 0.2) is 30.6 Å². The van der Waals surface area contributed by atoms with Crippen molar-refractivity contribution >= 4 is 17.2 Å². The van der Waals surface area contributed by atoms with Crippen molar-refractivity contribution in [1.29, 1.82) is 0 Å². The van der Waals surface area contributed by atoms with Crippen LogP contribution in [0.5, 0.6) is 0 Å². The zero-order chi connectivity index (χ0) is 15.5. The molecule has 0 atom stereocenters. The summed E-state index contributed by atoms with van der Waals surface area (Å²) in [7, 11) is 0. The highest BCUT2D eigenvalue weighted by molar-refractivity contribution is 7.11. The van der Waals surface area contributed by atoms with E-state index in [-0.39, 0.29) is 5.91 Å². The highest BCUT2D eigenvalue weighted by Gasteiger charge is 2.10. The number of carbonyl (C=O) groups excluding carboxylic acids is 1. The first kappa shape index (κ1) is 14.3. The summed E-state index contributed by atoms with van der Waals surface area (Å²) in [6.45, 7) is 4.38. The predicted octanol–water partition coefficient (Wildman–Crippen LogP) is 1.67. The number of nitrogens with zero attached hydrogens (tertiary/aromatic N) is 5. The number of amides is 1. The largest absolute Gasteiger partial charge is 0.347 e. The zero-order valence-corrected chi connectivity index (χ0v) is 13.0. The smallest absolute Gasteiger partial charge is 0.251 e. The summed E-state index contributed by atoms with van der Waals surface area (Å²) < 4.78 is 1.51. The van der Waals surface area contributed by atoms with Gasteiger partial charge in [-0.25, -0.2) is 9.67 Å². The lowest BCUT2D eigenvalue weighted by Gasteiger charge is -2.06. The number of hydrogen-bond acceptors (Lipinski definition) is 6. The summed E-state index contributed by atoms with van der Waals surface area (Å²) in [6.07, 6.45) is 1.49. The lowest BCUT2D eigenvalue weighted by Crippen LogP contribution is -2.22. The summed E-state index contributed by atoms with van der Waals surface area (Å²) in [5, 5.41) is 14.9. The van der Waals surface area contributed by atoms with Crippen LogP contribution in [-0.2, 0) is 6.54 Å². The molecule has 8 heteroatoms. The fraction of sp³-hybridized carbons (Fsp3) is 0.214. The quantitative estimate of drug-likeness (QED) is 0.791. The summed E-state index contributed by atoms with van der Waals surface area (Å²) in [5.41, 5.74) is 2.26. The van der Waals surface area contributed by atoms with Gasteiger partial charge in [0.2, 0.25) is 0 Å². The fourth-order valence-electron chi connectivity index (χ4n) is 2.07. The Morgan fingerprint density at radius 3 is 2.91 bits per heavy atom. The van der Waals surface area contributed by atoms with Crippen LogP contribution in [0.3, 0.4) is 0 Å². The van der Waals surface area contributed by atoms with E-state index in [4.69, 9.17) is 0 Å². The minimum Gasteiger partial charge on any atom is -0.347 e. The Labute approximate surface area is 131 Å². The number of thiazole rings is 1. The van der Waals surface area contributed by atoms with Gasteiger partial charge in [-0.05, 0) is 42.5 Å². The monoisotopic (exact) mass is 314 g/mol. The van der Waals surface area contributed by atoms with Crippen molar-refractivity contribution in [1.82, 2.24) is 30.5 Å². The Bertz CT molecular complexity index is 796. The van der Waals surface area contributed by atoms with Gasteiger partial charge in [-0.2, -0.15) is 0 Å².